The predicted octanol–water partition coefficient (Wildman–Crippen LogP) is 1.97. The van der Waals surface area contributed by atoms with Crippen molar-refractivity contribution in [1.29, 1.82) is 0 Å². The highest BCUT2D eigenvalue weighted by Gasteiger charge is 2.08. The Morgan fingerprint density at radius 1 is 1.36 bits per heavy atom. The van der Waals surface area contributed by atoms with Gasteiger partial charge in [-0.05, 0) is 13.3 Å². The standard InChI is InChI=1S/C9H16O2/c1-4-9(11)6-5-7(2)8(3)10/h7H,4-6H2,1-3H3. The van der Waals surface area contributed by atoms with E-state index < -0.39 is 0 Å². The average molecular weight is 156 g/mol. The summed E-state index contributed by atoms with van der Waals surface area (Å²) in [5.74, 6) is 0.470. The summed E-state index contributed by atoms with van der Waals surface area (Å²) in [7, 11) is 0. The lowest BCUT2D eigenvalue weighted by atomic mass is 9.99. The van der Waals surface area contributed by atoms with Crippen LogP contribution in [-0.4, -0.2) is 11.6 Å². The minimum absolute atomic E-state index is 0.0468. The Morgan fingerprint density at radius 2 is 1.91 bits per heavy atom. The third-order valence-electron chi connectivity index (χ3n) is 1.94. The maximum absolute atomic E-state index is 10.8. The highest BCUT2D eigenvalue weighted by Crippen LogP contribution is 2.07. The second-order valence-electron chi connectivity index (χ2n) is 2.94. The minimum Gasteiger partial charge on any atom is -0.300 e. The first-order valence-electron chi connectivity index (χ1n) is 4.10. The zero-order valence-corrected chi connectivity index (χ0v) is 7.52. The molecule has 0 aromatic rings. The number of rotatable bonds is 5. The van der Waals surface area contributed by atoms with Crippen molar-refractivity contribution in [3.8, 4) is 0 Å². The van der Waals surface area contributed by atoms with Gasteiger partial charge in [-0.25, -0.2) is 0 Å². The number of ketones is 2. The smallest absolute Gasteiger partial charge is 0.132 e. The van der Waals surface area contributed by atoms with Gasteiger partial charge < -0.3 is 0 Å². The van der Waals surface area contributed by atoms with Crippen molar-refractivity contribution < 1.29 is 9.59 Å². The van der Waals surface area contributed by atoms with E-state index in [2.05, 4.69) is 0 Å². The van der Waals surface area contributed by atoms with E-state index in [0.717, 1.165) is 0 Å². The van der Waals surface area contributed by atoms with Crippen LogP contribution in [0.4, 0.5) is 0 Å². The lowest BCUT2D eigenvalue weighted by molar-refractivity contribution is -0.121. The van der Waals surface area contributed by atoms with Crippen molar-refractivity contribution in [3.05, 3.63) is 0 Å². The van der Waals surface area contributed by atoms with Crippen LogP contribution in [0, 0.1) is 5.92 Å². The summed E-state index contributed by atoms with van der Waals surface area (Å²) in [6.07, 6.45) is 1.85. The molecule has 11 heavy (non-hydrogen) atoms. The van der Waals surface area contributed by atoms with Gasteiger partial charge in [-0.3, -0.25) is 9.59 Å². The first kappa shape index (κ1) is 10.3. The molecule has 0 saturated carbocycles. The van der Waals surface area contributed by atoms with Crippen molar-refractivity contribution in [2.24, 2.45) is 5.92 Å². The topological polar surface area (TPSA) is 34.1 Å². The molecule has 1 atom stereocenters. The monoisotopic (exact) mass is 156 g/mol. The molecule has 0 bridgehead atoms. The van der Waals surface area contributed by atoms with Crippen LogP contribution in [-0.2, 0) is 9.59 Å². The Kier molecular flexibility index (Phi) is 4.75. The molecule has 0 aromatic carbocycles. The maximum atomic E-state index is 10.8. The van der Waals surface area contributed by atoms with Gasteiger partial charge in [-0.1, -0.05) is 13.8 Å². The molecule has 2 nitrogen and oxygen atoms in total. The third-order valence-corrected chi connectivity index (χ3v) is 1.94. The van der Waals surface area contributed by atoms with E-state index in [4.69, 9.17) is 0 Å². The summed E-state index contributed by atoms with van der Waals surface area (Å²) < 4.78 is 0. The van der Waals surface area contributed by atoms with Crippen molar-refractivity contribution >= 4 is 11.6 Å². The molecule has 0 fully saturated rings. The summed E-state index contributed by atoms with van der Waals surface area (Å²) in [6, 6.07) is 0. The van der Waals surface area contributed by atoms with Gasteiger partial charge in [0.25, 0.3) is 0 Å². The lowest BCUT2D eigenvalue weighted by Gasteiger charge is -2.04. The van der Waals surface area contributed by atoms with Gasteiger partial charge >= 0.3 is 0 Å². The molecule has 0 rings (SSSR count). The maximum Gasteiger partial charge on any atom is 0.132 e. The van der Waals surface area contributed by atoms with E-state index in [1.165, 1.54) is 0 Å². The summed E-state index contributed by atoms with van der Waals surface area (Å²) in [4.78, 5) is 21.6. The van der Waals surface area contributed by atoms with Crippen LogP contribution < -0.4 is 0 Å². The largest absolute Gasteiger partial charge is 0.300 e. The van der Waals surface area contributed by atoms with Crippen molar-refractivity contribution in [1.82, 2.24) is 0 Å². The fraction of sp³-hybridized carbons (Fsp3) is 0.778. The molecule has 0 spiro atoms. The van der Waals surface area contributed by atoms with Gasteiger partial charge in [0, 0.05) is 18.8 Å². The highest BCUT2D eigenvalue weighted by atomic mass is 16.1. The summed E-state index contributed by atoms with van der Waals surface area (Å²) >= 11 is 0. The average Bonchev–Trinajstić information content (AvgIpc) is 1.99. The highest BCUT2D eigenvalue weighted by molar-refractivity contribution is 5.80. The molecule has 0 radical (unpaired) electrons. The van der Waals surface area contributed by atoms with Gasteiger partial charge in [0.05, 0.1) is 0 Å². The van der Waals surface area contributed by atoms with Crippen LogP contribution in [0.3, 0.4) is 0 Å². The normalized spacial score (nSPS) is 12.6. The van der Waals surface area contributed by atoms with Crippen molar-refractivity contribution in [3.63, 3.8) is 0 Å². The molecular formula is C9H16O2. The van der Waals surface area contributed by atoms with E-state index in [1.54, 1.807) is 6.92 Å². The van der Waals surface area contributed by atoms with E-state index in [9.17, 15) is 9.59 Å². The zero-order chi connectivity index (χ0) is 8.85. The van der Waals surface area contributed by atoms with Crippen LogP contribution in [0.15, 0.2) is 0 Å². The van der Waals surface area contributed by atoms with Crippen LogP contribution in [0.2, 0.25) is 0 Å². The van der Waals surface area contributed by atoms with Crippen molar-refractivity contribution in [2.45, 2.75) is 40.0 Å². The summed E-state index contributed by atoms with van der Waals surface area (Å²) in [6.45, 7) is 5.28. The third kappa shape index (κ3) is 4.71. The number of Topliss-reactive ketones (excluding diaryl/α,β-unsaturated/α-hetero) is 2. The van der Waals surface area contributed by atoms with Crippen LogP contribution >= 0.6 is 0 Å². The molecule has 0 saturated heterocycles. The first-order valence-corrected chi connectivity index (χ1v) is 4.10. The fourth-order valence-electron chi connectivity index (χ4n) is 0.758. The molecule has 0 aromatic heterocycles. The number of carbonyl (C=O) groups excluding carboxylic acids is 2. The van der Waals surface area contributed by atoms with E-state index in [1.807, 2.05) is 13.8 Å². The van der Waals surface area contributed by atoms with Crippen LogP contribution in [0.5, 0.6) is 0 Å². The second-order valence-corrected chi connectivity index (χ2v) is 2.94. The predicted molar refractivity (Wildman–Crippen MR) is 44.4 cm³/mol. The zero-order valence-electron chi connectivity index (χ0n) is 7.52. The van der Waals surface area contributed by atoms with Gasteiger partial charge in [0.2, 0.25) is 0 Å². The molecule has 0 aliphatic heterocycles. The number of carbonyl (C=O) groups is 2. The second kappa shape index (κ2) is 5.05. The molecule has 0 N–H and O–H groups in total. The lowest BCUT2D eigenvalue weighted by Crippen LogP contribution is -2.08. The summed E-state index contributed by atoms with van der Waals surface area (Å²) in [5.41, 5.74) is 0. The Morgan fingerprint density at radius 3 is 2.27 bits per heavy atom. The number of hydrogen-bond acceptors (Lipinski definition) is 2. The molecular weight excluding hydrogens is 140 g/mol. The fourth-order valence-corrected chi connectivity index (χ4v) is 0.758. The quantitative estimate of drug-likeness (QED) is 0.609. The van der Waals surface area contributed by atoms with Crippen LogP contribution in [0.25, 0.3) is 0 Å². The van der Waals surface area contributed by atoms with Gasteiger partial charge in [-0.2, -0.15) is 0 Å². The molecule has 0 amide bonds. The number of hydrogen-bond donors (Lipinski definition) is 0. The van der Waals surface area contributed by atoms with Crippen LogP contribution in [0.1, 0.15) is 40.0 Å². The minimum atomic E-state index is 0.0468. The van der Waals surface area contributed by atoms with E-state index >= 15 is 0 Å². The SMILES string of the molecule is CCC(=O)CCC(C)C(C)=O. The molecule has 0 heterocycles. The van der Waals surface area contributed by atoms with E-state index in [0.29, 0.717) is 19.3 Å². The first-order chi connectivity index (χ1) is 5.07. The van der Waals surface area contributed by atoms with Gasteiger partial charge in [0.1, 0.15) is 11.6 Å². The Balaban J connectivity index is 3.54. The van der Waals surface area contributed by atoms with Crippen molar-refractivity contribution in [2.75, 3.05) is 0 Å². The summed E-state index contributed by atoms with van der Waals surface area (Å²) in [5, 5.41) is 0. The molecule has 0 aliphatic carbocycles. The Bertz CT molecular complexity index is 150. The molecule has 2 heteroatoms. The molecule has 1 unspecified atom stereocenters. The molecule has 64 valence electrons. The van der Waals surface area contributed by atoms with Gasteiger partial charge in [-0.15, -0.1) is 0 Å². The Hall–Kier alpha value is -0.660. The molecule has 0 aliphatic rings. The van der Waals surface area contributed by atoms with E-state index in [-0.39, 0.29) is 17.5 Å². The Labute approximate surface area is 68.0 Å². The van der Waals surface area contributed by atoms with Gasteiger partial charge in [0.15, 0.2) is 0 Å².